The van der Waals surface area contributed by atoms with E-state index in [1.54, 1.807) is 0 Å². The first-order chi connectivity index (χ1) is 7.53. The molecule has 0 radical (unpaired) electrons. The molecule has 0 aromatic rings. The molecule has 2 rings (SSSR count). The molecule has 0 saturated carbocycles. The molecule has 2 aliphatic rings. The minimum Gasteiger partial charge on any atom is -0.374 e. The summed E-state index contributed by atoms with van der Waals surface area (Å²) < 4.78 is 0. The van der Waals surface area contributed by atoms with Gasteiger partial charge in [0.05, 0.1) is 0 Å². The molecule has 0 N–H and O–H groups in total. The lowest BCUT2D eigenvalue weighted by atomic mass is 9.79. The van der Waals surface area contributed by atoms with Gasteiger partial charge in [-0.1, -0.05) is 39.0 Å². The van der Waals surface area contributed by atoms with Crippen LogP contribution >= 0.6 is 0 Å². The van der Waals surface area contributed by atoms with Crippen LogP contribution in [0.5, 0.6) is 0 Å². The van der Waals surface area contributed by atoms with Crippen molar-refractivity contribution in [2.45, 2.75) is 33.6 Å². The van der Waals surface area contributed by atoms with Crippen LogP contribution in [0.1, 0.15) is 33.6 Å². The van der Waals surface area contributed by atoms with Crippen molar-refractivity contribution in [3.63, 3.8) is 0 Å². The first-order valence-electron chi connectivity index (χ1n) is 6.36. The fourth-order valence-electron chi connectivity index (χ4n) is 2.38. The Kier molecular flexibility index (Phi) is 2.96. The molecule has 1 unspecified atom stereocenters. The van der Waals surface area contributed by atoms with E-state index in [1.807, 2.05) is 0 Å². The zero-order chi connectivity index (χ0) is 11.8. The van der Waals surface area contributed by atoms with Crippen molar-refractivity contribution in [2.75, 3.05) is 13.6 Å². The van der Waals surface area contributed by atoms with Crippen LogP contribution in [0.3, 0.4) is 0 Å². The van der Waals surface area contributed by atoms with Crippen molar-refractivity contribution in [1.29, 1.82) is 0 Å². The molecule has 16 heavy (non-hydrogen) atoms. The molecule has 0 aromatic carbocycles. The summed E-state index contributed by atoms with van der Waals surface area (Å²) >= 11 is 0. The molecule has 0 aromatic heterocycles. The van der Waals surface area contributed by atoms with Gasteiger partial charge in [-0.2, -0.15) is 0 Å². The molecule has 0 bridgehead atoms. The summed E-state index contributed by atoms with van der Waals surface area (Å²) in [5.74, 6) is 0.645. The third-order valence-electron chi connectivity index (χ3n) is 4.17. The van der Waals surface area contributed by atoms with Gasteiger partial charge in [0.1, 0.15) is 0 Å². The van der Waals surface area contributed by atoms with Crippen LogP contribution in [0.15, 0.2) is 35.6 Å². The highest BCUT2D eigenvalue weighted by Crippen LogP contribution is 2.36. The molecule has 88 valence electrons. The van der Waals surface area contributed by atoms with Gasteiger partial charge in [0.2, 0.25) is 0 Å². The summed E-state index contributed by atoms with van der Waals surface area (Å²) in [6.45, 7) is 8.10. The van der Waals surface area contributed by atoms with Crippen LogP contribution < -0.4 is 0 Å². The van der Waals surface area contributed by atoms with E-state index in [1.165, 1.54) is 30.7 Å². The fourth-order valence-corrected chi connectivity index (χ4v) is 2.38. The van der Waals surface area contributed by atoms with Crippen LogP contribution in [0.25, 0.3) is 0 Å². The quantitative estimate of drug-likeness (QED) is 0.646. The molecule has 1 heterocycles. The van der Waals surface area contributed by atoms with E-state index in [4.69, 9.17) is 0 Å². The number of rotatable bonds is 1. The second-order valence-corrected chi connectivity index (χ2v) is 5.62. The summed E-state index contributed by atoms with van der Waals surface area (Å²) in [6, 6.07) is 0. The Balaban J connectivity index is 2.35. The predicted molar refractivity (Wildman–Crippen MR) is 70.1 cm³/mol. The van der Waals surface area contributed by atoms with Crippen LogP contribution in [0.4, 0.5) is 0 Å². The van der Waals surface area contributed by atoms with Crippen LogP contribution in [0.2, 0.25) is 0 Å². The fraction of sp³-hybridized carbons (Fsp3) is 0.600. The van der Waals surface area contributed by atoms with Gasteiger partial charge in [0.15, 0.2) is 0 Å². The van der Waals surface area contributed by atoms with Gasteiger partial charge in [0, 0.05) is 24.7 Å². The topological polar surface area (TPSA) is 3.24 Å². The monoisotopic (exact) mass is 217 g/mol. The zero-order valence-corrected chi connectivity index (χ0v) is 11.0. The lowest BCUT2D eigenvalue weighted by Gasteiger charge is -2.27. The second-order valence-electron chi connectivity index (χ2n) is 5.62. The summed E-state index contributed by atoms with van der Waals surface area (Å²) in [6.07, 6.45) is 12.0. The predicted octanol–water partition coefficient (Wildman–Crippen LogP) is 3.75. The molecule has 0 spiro atoms. The van der Waals surface area contributed by atoms with Gasteiger partial charge in [-0.3, -0.25) is 0 Å². The number of hydrogen-bond acceptors (Lipinski definition) is 1. The molecule has 1 aliphatic carbocycles. The van der Waals surface area contributed by atoms with Gasteiger partial charge >= 0.3 is 0 Å². The Bertz CT molecular complexity index is 360. The van der Waals surface area contributed by atoms with E-state index in [0.717, 1.165) is 0 Å². The average Bonchev–Trinajstić information content (AvgIpc) is 2.41. The molecule has 1 heteroatoms. The number of hydrogen-bond donors (Lipinski definition) is 0. The van der Waals surface area contributed by atoms with Gasteiger partial charge in [-0.15, -0.1) is 0 Å². The normalized spacial score (nSPS) is 29.7. The van der Waals surface area contributed by atoms with Crippen molar-refractivity contribution >= 4 is 0 Å². The van der Waals surface area contributed by atoms with E-state index >= 15 is 0 Å². The van der Waals surface area contributed by atoms with Crippen LogP contribution in [0, 0.1) is 11.3 Å². The van der Waals surface area contributed by atoms with E-state index in [9.17, 15) is 0 Å². The Labute approximate surface area is 99.5 Å². The standard InChI is InChI=1S/C15H23N/c1-12(2)15(3)9-7-13-6-5-11-16(4)14(13)8-10-15/h7-10,12H,5-6,11H2,1-4H3. The largest absolute Gasteiger partial charge is 0.374 e. The summed E-state index contributed by atoms with van der Waals surface area (Å²) in [5.41, 5.74) is 3.14. The molecular formula is C15H23N. The van der Waals surface area contributed by atoms with E-state index in [2.05, 4.69) is 57.0 Å². The van der Waals surface area contributed by atoms with Crippen LogP contribution in [-0.2, 0) is 0 Å². The molecule has 0 fully saturated rings. The molecule has 0 amide bonds. The minimum atomic E-state index is 0.207. The van der Waals surface area contributed by atoms with Gasteiger partial charge in [-0.25, -0.2) is 0 Å². The lowest BCUT2D eigenvalue weighted by Crippen LogP contribution is -2.23. The second kappa shape index (κ2) is 4.12. The molecule has 1 atom stereocenters. The van der Waals surface area contributed by atoms with Crippen molar-refractivity contribution in [3.8, 4) is 0 Å². The Morgan fingerprint density at radius 2 is 1.94 bits per heavy atom. The Morgan fingerprint density at radius 1 is 1.25 bits per heavy atom. The summed E-state index contributed by atoms with van der Waals surface area (Å²) in [7, 11) is 2.20. The van der Waals surface area contributed by atoms with Crippen molar-refractivity contribution in [2.24, 2.45) is 11.3 Å². The first-order valence-corrected chi connectivity index (χ1v) is 6.36. The SMILES string of the molecule is CC(C)C1(C)C=CC2=C(C=C1)N(C)CCC2. The van der Waals surface area contributed by atoms with Crippen molar-refractivity contribution in [3.05, 3.63) is 35.6 Å². The van der Waals surface area contributed by atoms with Gasteiger partial charge in [0.25, 0.3) is 0 Å². The highest BCUT2D eigenvalue weighted by atomic mass is 15.1. The van der Waals surface area contributed by atoms with Crippen molar-refractivity contribution < 1.29 is 0 Å². The van der Waals surface area contributed by atoms with Gasteiger partial charge in [-0.05, 0) is 30.4 Å². The smallest absolute Gasteiger partial charge is 0.0393 e. The van der Waals surface area contributed by atoms with E-state index in [-0.39, 0.29) is 5.41 Å². The average molecular weight is 217 g/mol. The number of nitrogens with zero attached hydrogens (tertiary/aromatic N) is 1. The molecule has 1 aliphatic heterocycles. The third kappa shape index (κ3) is 1.95. The Hall–Kier alpha value is -0.980. The van der Waals surface area contributed by atoms with Crippen molar-refractivity contribution in [1.82, 2.24) is 4.90 Å². The minimum absolute atomic E-state index is 0.207. The third-order valence-corrected chi connectivity index (χ3v) is 4.17. The molecular weight excluding hydrogens is 194 g/mol. The van der Waals surface area contributed by atoms with E-state index in [0.29, 0.717) is 5.92 Å². The molecule has 1 nitrogen and oxygen atoms in total. The summed E-state index contributed by atoms with van der Waals surface area (Å²) in [5, 5.41) is 0. The van der Waals surface area contributed by atoms with Gasteiger partial charge < -0.3 is 4.90 Å². The molecule has 0 saturated heterocycles. The number of allylic oxidation sites excluding steroid dienone is 5. The maximum atomic E-state index is 2.38. The maximum Gasteiger partial charge on any atom is 0.0393 e. The zero-order valence-electron chi connectivity index (χ0n) is 11.0. The highest BCUT2D eigenvalue weighted by Gasteiger charge is 2.25. The summed E-state index contributed by atoms with van der Waals surface area (Å²) in [4.78, 5) is 2.38. The van der Waals surface area contributed by atoms with E-state index < -0.39 is 0 Å². The number of likely N-dealkylation sites (N-methyl/N-ethyl adjacent to an activating group) is 1. The maximum absolute atomic E-state index is 2.38. The lowest BCUT2D eigenvalue weighted by molar-refractivity contribution is 0.380. The highest BCUT2D eigenvalue weighted by molar-refractivity contribution is 5.39. The Morgan fingerprint density at radius 3 is 2.62 bits per heavy atom. The van der Waals surface area contributed by atoms with Crippen LogP contribution in [-0.4, -0.2) is 18.5 Å². The first kappa shape index (κ1) is 11.5.